The van der Waals surface area contributed by atoms with Gasteiger partial charge in [0.05, 0.1) is 15.2 Å². The normalized spacial score (nSPS) is 15.3. The largest absolute Gasteiger partial charge is 0.512 e. The van der Waals surface area contributed by atoms with Gasteiger partial charge in [0.25, 0.3) is 0 Å². The van der Waals surface area contributed by atoms with Crippen molar-refractivity contribution in [3.63, 3.8) is 0 Å². The van der Waals surface area contributed by atoms with Gasteiger partial charge in [-0.1, -0.05) is 117 Å². The molecule has 0 atom stereocenters. The van der Waals surface area contributed by atoms with Crippen LogP contribution in [-0.4, -0.2) is 15.9 Å². The molecule has 0 aliphatic heterocycles. The maximum atomic E-state index is 11.7. The first-order chi connectivity index (χ1) is 24.6. The number of thiophene rings is 2. The van der Waals surface area contributed by atoms with Gasteiger partial charge in [-0.15, -0.1) is 51.8 Å². The Morgan fingerprint density at radius 1 is 0.830 bits per heavy atom. The fourth-order valence-corrected chi connectivity index (χ4v) is 11.7. The molecule has 6 heteroatoms. The second-order valence-corrected chi connectivity index (χ2v) is 19.1. The third kappa shape index (κ3) is 7.68. The van der Waals surface area contributed by atoms with Crippen LogP contribution in [0.2, 0.25) is 0 Å². The molecule has 3 nitrogen and oxygen atoms in total. The van der Waals surface area contributed by atoms with Gasteiger partial charge in [-0.2, -0.15) is 0 Å². The third-order valence-corrected chi connectivity index (χ3v) is 14.3. The molecule has 1 aliphatic carbocycles. The molecule has 0 bridgehead atoms. The molecule has 0 spiro atoms. The Balaban J connectivity index is 0.000000290. The van der Waals surface area contributed by atoms with Crippen molar-refractivity contribution < 1.29 is 30.0 Å². The van der Waals surface area contributed by atoms with E-state index in [1.165, 1.54) is 53.7 Å². The third-order valence-electron chi connectivity index (χ3n) is 11.3. The second-order valence-electron chi connectivity index (χ2n) is 17.1. The molecule has 0 saturated carbocycles. The van der Waals surface area contributed by atoms with Gasteiger partial charge in [0, 0.05) is 70.3 Å². The van der Waals surface area contributed by atoms with Crippen molar-refractivity contribution in [2.45, 2.75) is 125 Å². The van der Waals surface area contributed by atoms with Gasteiger partial charge in [0.2, 0.25) is 0 Å². The number of allylic oxidation sites excluding steroid dienone is 2. The maximum Gasteiger partial charge on any atom is 0.162 e. The molecular weight excluding hydrogens is 867 g/mol. The Morgan fingerprint density at radius 3 is 2.08 bits per heavy atom. The Bertz CT molecular complexity index is 2310. The van der Waals surface area contributed by atoms with Crippen LogP contribution in [-0.2, 0) is 41.1 Å². The van der Waals surface area contributed by atoms with E-state index in [0.29, 0.717) is 0 Å². The van der Waals surface area contributed by atoms with Crippen molar-refractivity contribution in [1.82, 2.24) is 4.98 Å². The number of aromatic nitrogens is 1. The van der Waals surface area contributed by atoms with Crippen molar-refractivity contribution in [3.05, 3.63) is 88.6 Å². The Kier molecular flexibility index (Phi) is 12.2. The number of fused-ring (bicyclic) bond motifs is 8. The average Bonchev–Trinajstić information content (AvgIpc) is 3.73. The minimum Gasteiger partial charge on any atom is -0.512 e. The van der Waals surface area contributed by atoms with Crippen LogP contribution in [0, 0.1) is 17.9 Å². The minimum absolute atomic E-state index is 0. The number of carbonyl (C=O) groups excluding carboxylic acids is 1. The second kappa shape index (κ2) is 15.7. The number of hydrogen-bond acceptors (Lipinski definition) is 5. The van der Waals surface area contributed by atoms with Crippen LogP contribution >= 0.6 is 22.7 Å². The molecule has 0 fully saturated rings. The van der Waals surface area contributed by atoms with Gasteiger partial charge in [0.1, 0.15) is 0 Å². The molecule has 0 amide bonds. The number of carbonyl (C=O) groups is 1. The van der Waals surface area contributed by atoms with Crippen LogP contribution < -0.4 is 0 Å². The first-order valence-electron chi connectivity index (χ1n) is 19.2. The summed E-state index contributed by atoms with van der Waals surface area (Å²) in [5.41, 5.74) is 5.52. The molecule has 6 aromatic rings. The summed E-state index contributed by atoms with van der Waals surface area (Å²) in [6.45, 7) is 24.6. The standard InChI is InChI=1S/C34H32NS2.C13H24O2.Ir/c1-32(2,3)25-17-20(16-19-10-8-9-11-21(19)25)27-28-23(14-15-35-27)22-12-13-24-26-31(37-30(24)29(22)36-28)34(6,7)18-33(26,4)5;1-5-10(6-2)12(14)9-13(15)11(7-3)8-4;/h8-15,17H,18H2,1-7H3;9-11,14H,5-8H2,1-4H3;/q-1;;/b;12-9-;. The number of aliphatic hydroxyl groups is 1. The summed E-state index contributed by atoms with van der Waals surface area (Å²) in [4.78, 5) is 18.3. The molecular formula is C47H56IrNO2S2-. The van der Waals surface area contributed by atoms with E-state index in [9.17, 15) is 9.90 Å². The number of rotatable bonds is 8. The molecule has 1 radical (unpaired) electrons. The zero-order valence-electron chi connectivity index (χ0n) is 33.4. The van der Waals surface area contributed by atoms with E-state index in [-0.39, 0.29) is 59.7 Å². The van der Waals surface area contributed by atoms with Gasteiger partial charge in [-0.25, -0.2) is 0 Å². The smallest absolute Gasteiger partial charge is 0.162 e. The number of benzene rings is 3. The van der Waals surface area contributed by atoms with Crippen LogP contribution in [0.1, 0.15) is 124 Å². The van der Waals surface area contributed by atoms with Crippen LogP contribution in [0.5, 0.6) is 0 Å². The molecule has 53 heavy (non-hydrogen) atoms. The Hall–Kier alpha value is -2.89. The van der Waals surface area contributed by atoms with Gasteiger partial charge in [-0.05, 0) is 65.3 Å². The number of aliphatic hydroxyl groups excluding tert-OH is 1. The first-order valence-corrected chi connectivity index (χ1v) is 20.9. The summed E-state index contributed by atoms with van der Waals surface area (Å²) in [7, 11) is 0. The summed E-state index contributed by atoms with van der Waals surface area (Å²) in [6, 6.07) is 21.6. The zero-order valence-corrected chi connectivity index (χ0v) is 37.4. The first kappa shape index (κ1) is 41.3. The summed E-state index contributed by atoms with van der Waals surface area (Å²) in [5, 5.41) is 16.3. The molecule has 7 rings (SSSR count). The molecule has 3 heterocycles. The molecule has 1 N–H and O–H groups in total. The van der Waals surface area contributed by atoms with E-state index in [1.807, 2.05) is 56.6 Å². The van der Waals surface area contributed by atoms with Crippen LogP contribution in [0.15, 0.2) is 66.6 Å². The van der Waals surface area contributed by atoms with Crippen molar-refractivity contribution >= 4 is 69.5 Å². The fraction of sp³-hybridized carbons (Fsp3) is 0.447. The molecule has 0 unspecified atom stereocenters. The van der Waals surface area contributed by atoms with Crippen molar-refractivity contribution in [3.8, 4) is 11.3 Å². The average molecular weight is 923 g/mol. The van der Waals surface area contributed by atoms with E-state index in [2.05, 4.69) is 103 Å². The Labute approximate surface area is 338 Å². The van der Waals surface area contributed by atoms with E-state index in [1.54, 1.807) is 10.4 Å². The summed E-state index contributed by atoms with van der Waals surface area (Å²) >= 11 is 3.95. The van der Waals surface area contributed by atoms with Crippen molar-refractivity contribution in [2.24, 2.45) is 11.8 Å². The molecule has 3 aromatic heterocycles. The van der Waals surface area contributed by atoms with Crippen LogP contribution in [0.25, 0.3) is 52.3 Å². The van der Waals surface area contributed by atoms with E-state index >= 15 is 0 Å². The Morgan fingerprint density at radius 2 is 1.43 bits per heavy atom. The topological polar surface area (TPSA) is 50.2 Å². The van der Waals surface area contributed by atoms with Crippen LogP contribution in [0.3, 0.4) is 0 Å². The summed E-state index contributed by atoms with van der Waals surface area (Å²) in [5.74, 6) is 0.547. The van der Waals surface area contributed by atoms with E-state index < -0.39 is 0 Å². The van der Waals surface area contributed by atoms with Gasteiger partial charge in [-0.3, -0.25) is 9.78 Å². The molecule has 0 saturated heterocycles. The monoisotopic (exact) mass is 923 g/mol. The molecule has 1 aliphatic rings. The predicted octanol–water partition coefficient (Wildman–Crippen LogP) is 14.4. The summed E-state index contributed by atoms with van der Waals surface area (Å²) in [6.07, 6.45) is 8.10. The minimum atomic E-state index is 0. The van der Waals surface area contributed by atoms with Crippen molar-refractivity contribution in [2.75, 3.05) is 0 Å². The number of ketones is 1. The van der Waals surface area contributed by atoms with Gasteiger partial charge < -0.3 is 5.11 Å². The summed E-state index contributed by atoms with van der Waals surface area (Å²) < 4.78 is 4.13. The zero-order chi connectivity index (χ0) is 37.7. The molecule has 3 aromatic carbocycles. The number of nitrogens with zero attached hydrogens (tertiary/aromatic N) is 1. The predicted molar refractivity (Wildman–Crippen MR) is 228 cm³/mol. The number of pyridine rings is 1. The van der Waals surface area contributed by atoms with Gasteiger partial charge >= 0.3 is 0 Å². The van der Waals surface area contributed by atoms with Crippen molar-refractivity contribution in [1.29, 1.82) is 0 Å². The van der Waals surface area contributed by atoms with E-state index in [0.717, 1.165) is 42.3 Å². The fourth-order valence-electron chi connectivity index (χ4n) is 8.69. The quantitative estimate of drug-likeness (QED) is 0.0940. The van der Waals surface area contributed by atoms with E-state index in [4.69, 9.17) is 4.98 Å². The van der Waals surface area contributed by atoms with Crippen LogP contribution in [0.4, 0.5) is 0 Å². The van der Waals surface area contributed by atoms with Gasteiger partial charge in [0.15, 0.2) is 5.78 Å². The number of hydrogen-bond donors (Lipinski definition) is 1. The SMILES string of the molecule is CC(C)(C)c1cc(-c2nccc3c2sc2c3ccc3c4c(sc32)C(C)(C)CC4(C)C)[c-]c2ccccc12.CCC(CC)C(=O)/C=C(\O)C(CC)CC.[Ir]. The maximum absolute atomic E-state index is 11.7. The molecule has 283 valence electrons.